The number of ketones is 1. The van der Waals surface area contributed by atoms with Gasteiger partial charge in [-0.2, -0.15) is 0 Å². The van der Waals surface area contributed by atoms with Crippen molar-refractivity contribution in [3.05, 3.63) is 120 Å². The lowest BCUT2D eigenvalue weighted by Gasteiger charge is -2.14. The van der Waals surface area contributed by atoms with Crippen LogP contribution in [0.1, 0.15) is 40.1 Å². The molecule has 0 aliphatic heterocycles. The molecule has 5 rings (SSSR count). The minimum Gasteiger partial charge on any atom is -0.483 e. The number of hydrogen-bond donors (Lipinski definition) is 0. The molecule has 0 radical (unpaired) electrons. The molecule has 0 unspecified atom stereocenters. The lowest BCUT2D eigenvalue weighted by atomic mass is 10.1. The summed E-state index contributed by atoms with van der Waals surface area (Å²) in [6.45, 7) is 3.26. The smallest absolute Gasteiger partial charge is 0.162 e. The third-order valence-electron chi connectivity index (χ3n) is 5.64. The van der Waals surface area contributed by atoms with E-state index in [1.165, 1.54) is 6.92 Å². The van der Waals surface area contributed by atoms with E-state index < -0.39 is 0 Å². The normalized spacial score (nSPS) is 10.8. The van der Waals surface area contributed by atoms with Crippen molar-refractivity contribution in [1.82, 2.24) is 29.1 Å². The second-order valence-electron chi connectivity index (χ2n) is 8.51. The van der Waals surface area contributed by atoms with Gasteiger partial charge in [-0.1, -0.05) is 12.1 Å². The van der Waals surface area contributed by atoms with Gasteiger partial charge in [0.1, 0.15) is 13.2 Å². The number of pyridine rings is 2. The van der Waals surface area contributed by atoms with Gasteiger partial charge in [0.25, 0.3) is 0 Å². The topological polar surface area (TPSA) is 97.0 Å². The van der Waals surface area contributed by atoms with Crippen molar-refractivity contribution in [3.8, 4) is 11.5 Å². The van der Waals surface area contributed by atoms with Crippen molar-refractivity contribution in [1.29, 1.82) is 0 Å². The quantitative estimate of drug-likeness (QED) is 0.252. The molecular formula is C28H26N6O3. The summed E-state index contributed by atoms with van der Waals surface area (Å²) < 4.78 is 16.1. The molecule has 9 nitrogen and oxygen atoms in total. The van der Waals surface area contributed by atoms with Crippen molar-refractivity contribution in [3.63, 3.8) is 0 Å². The van der Waals surface area contributed by atoms with Crippen LogP contribution in [0.15, 0.2) is 92.0 Å². The fourth-order valence-corrected chi connectivity index (χ4v) is 3.79. The zero-order valence-electron chi connectivity index (χ0n) is 20.4. The summed E-state index contributed by atoms with van der Waals surface area (Å²) in [4.78, 5) is 29.5. The van der Waals surface area contributed by atoms with E-state index in [1.807, 2.05) is 57.9 Å². The molecule has 1 aromatic carbocycles. The van der Waals surface area contributed by atoms with E-state index in [2.05, 4.69) is 19.9 Å². The van der Waals surface area contributed by atoms with Crippen molar-refractivity contribution in [2.24, 2.45) is 0 Å². The minimum absolute atomic E-state index is 0.0503. The van der Waals surface area contributed by atoms with Gasteiger partial charge >= 0.3 is 0 Å². The van der Waals surface area contributed by atoms with Gasteiger partial charge in [0, 0.05) is 30.4 Å². The van der Waals surface area contributed by atoms with Crippen LogP contribution in [0.3, 0.4) is 0 Å². The first-order valence-electron chi connectivity index (χ1n) is 11.8. The molecule has 0 saturated carbocycles. The first-order chi connectivity index (χ1) is 18.1. The minimum atomic E-state index is -0.0503. The van der Waals surface area contributed by atoms with Crippen molar-refractivity contribution < 1.29 is 14.3 Å². The Hall–Kier alpha value is -4.79. The van der Waals surface area contributed by atoms with E-state index in [1.54, 1.807) is 43.2 Å². The molecule has 5 aromatic rings. The van der Waals surface area contributed by atoms with Gasteiger partial charge in [-0.25, -0.2) is 9.97 Å². The largest absolute Gasteiger partial charge is 0.483 e. The highest BCUT2D eigenvalue weighted by Crippen LogP contribution is 2.30. The number of aromatic nitrogens is 6. The first-order valence-corrected chi connectivity index (χ1v) is 11.8. The molecule has 4 heterocycles. The lowest BCUT2D eigenvalue weighted by Crippen LogP contribution is -2.07. The SMILES string of the molecule is CC(=O)c1ccc(OCc2cccc(Cn3ccnc3)n2)c(OCc2cccc(Cn3ccnc3)n2)c1. The van der Waals surface area contributed by atoms with Gasteiger partial charge in [-0.05, 0) is 49.4 Å². The summed E-state index contributed by atoms with van der Waals surface area (Å²) in [5.41, 5.74) is 3.90. The van der Waals surface area contributed by atoms with Gasteiger partial charge in [-0.15, -0.1) is 0 Å². The predicted molar refractivity (Wildman–Crippen MR) is 136 cm³/mol. The molecular weight excluding hydrogens is 468 g/mol. The number of carbonyl (C=O) groups is 1. The van der Waals surface area contributed by atoms with Crippen LogP contribution in [0.25, 0.3) is 0 Å². The first kappa shape index (κ1) is 23.9. The highest BCUT2D eigenvalue weighted by Gasteiger charge is 2.12. The number of nitrogens with zero attached hydrogens (tertiary/aromatic N) is 6. The number of hydrogen-bond acceptors (Lipinski definition) is 7. The van der Waals surface area contributed by atoms with Crippen molar-refractivity contribution >= 4 is 5.78 Å². The molecule has 0 aliphatic rings. The van der Waals surface area contributed by atoms with Gasteiger partial charge in [0.2, 0.25) is 0 Å². The molecule has 9 heteroatoms. The third kappa shape index (κ3) is 6.46. The fraction of sp³-hybridized carbons (Fsp3) is 0.179. The number of Topliss-reactive ketones (excluding diaryl/α,β-unsaturated/α-hetero) is 1. The summed E-state index contributed by atoms with van der Waals surface area (Å²) in [7, 11) is 0. The maximum atomic E-state index is 12.0. The highest BCUT2D eigenvalue weighted by molar-refractivity contribution is 5.94. The van der Waals surface area contributed by atoms with Gasteiger partial charge in [0.15, 0.2) is 17.3 Å². The lowest BCUT2D eigenvalue weighted by molar-refractivity contribution is 0.101. The maximum absolute atomic E-state index is 12.0. The maximum Gasteiger partial charge on any atom is 0.162 e. The molecule has 0 amide bonds. The summed E-state index contributed by atoms with van der Waals surface area (Å²) in [6, 6.07) is 16.8. The predicted octanol–water partition coefficient (Wildman–Crippen LogP) is 4.33. The molecule has 4 aromatic heterocycles. The fourth-order valence-electron chi connectivity index (χ4n) is 3.79. The number of carbonyl (C=O) groups excluding carboxylic acids is 1. The van der Waals surface area contributed by atoms with Crippen LogP contribution in [0.4, 0.5) is 0 Å². The van der Waals surface area contributed by atoms with Crippen molar-refractivity contribution in [2.45, 2.75) is 33.2 Å². The Bertz CT molecular complexity index is 1470. The number of benzene rings is 1. The van der Waals surface area contributed by atoms with E-state index in [0.717, 1.165) is 22.8 Å². The van der Waals surface area contributed by atoms with Crippen molar-refractivity contribution in [2.75, 3.05) is 0 Å². The van der Waals surface area contributed by atoms with Gasteiger partial charge < -0.3 is 18.6 Å². The standard InChI is InChI=1S/C28H26N6O3/c1-21(35)22-8-9-27(36-17-25-6-2-4-23(31-25)15-33-12-10-29-19-33)28(14-22)37-18-26-7-3-5-24(32-26)16-34-13-11-30-20-34/h2-14,19-20H,15-18H2,1H3. The van der Waals surface area contributed by atoms with E-state index in [0.29, 0.717) is 30.2 Å². The molecule has 0 aliphatic carbocycles. The zero-order valence-corrected chi connectivity index (χ0v) is 20.4. The zero-order chi connectivity index (χ0) is 25.5. The number of ether oxygens (including phenoxy) is 2. The second-order valence-corrected chi connectivity index (χ2v) is 8.51. The number of imidazole rings is 2. The van der Waals surface area contributed by atoms with E-state index in [9.17, 15) is 4.79 Å². The monoisotopic (exact) mass is 494 g/mol. The van der Waals surface area contributed by atoms with Gasteiger partial charge in [0.05, 0.1) is 48.5 Å². The highest BCUT2D eigenvalue weighted by atomic mass is 16.5. The van der Waals surface area contributed by atoms with Crippen LogP contribution in [-0.2, 0) is 26.3 Å². The Balaban J connectivity index is 1.28. The summed E-state index contributed by atoms with van der Waals surface area (Å²) in [5.74, 6) is 0.955. The van der Waals surface area contributed by atoms with Crippen LogP contribution in [0.2, 0.25) is 0 Å². The Kier molecular flexibility index (Phi) is 7.31. The molecule has 0 bridgehead atoms. The summed E-state index contributed by atoms with van der Waals surface area (Å²) in [5, 5.41) is 0. The summed E-state index contributed by atoms with van der Waals surface area (Å²) >= 11 is 0. The second kappa shape index (κ2) is 11.3. The Labute approximate surface area is 214 Å². The van der Waals surface area contributed by atoms with E-state index in [4.69, 9.17) is 9.47 Å². The Morgan fingerprint density at radius 3 is 1.78 bits per heavy atom. The van der Waals surface area contributed by atoms with Crippen LogP contribution in [0.5, 0.6) is 11.5 Å². The van der Waals surface area contributed by atoms with Crippen LogP contribution in [0, 0.1) is 0 Å². The number of rotatable bonds is 11. The average molecular weight is 495 g/mol. The van der Waals surface area contributed by atoms with E-state index in [-0.39, 0.29) is 19.0 Å². The average Bonchev–Trinajstić information content (AvgIpc) is 3.61. The Morgan fingerprint density at radius 1 is 0.730 bits per heavy atom. The summed E-state index contributed by atoms with van der Waals surface area (Å²) in [6.07, 6.45) is 10.8. The molecule has 0 fully saturated rings. The molecule has 0 N–H and O–H groups in total. The van der Waals surface area contributed by atoms with Crippen LogP contribution >= 0.6 is 0 Å². The molecule has 0 spiro atoms. The molecule has 186 valence electrons. The van der Waals surface area contributed by atoms with Gasteiger partial charge in [-0.3, -0.25) is 14.8 Å². The van der Waals surface area contributed by atoms with Crippen LogP contribution < -0.4 is 9.47 Å². The molecule has 0 atom stereocenters. The Morgan fingerprint density at radius 2 is 1.27 bits per heavy atom. The van der Waals surface area contributed by atoms with Crippen LogP contribution in [-0.4, -0.2) is 34.9 Å². The third-order valence-corrected chi connectivity index (χ3v) is 5.64. The molecule has 37 heavy (non-hydrogen) atoms. The molecule has 0 saturated heterocycles. The van der Waals surface area contributed by atoms with E-state index >= 15 is 0 Å².